The average molecular weight is 1040 g/mol. The Balaban J connectivity index is 1.00. The molecular formula is C72H40N6OS. The van der Waals surface area contributed by atoms with E-state index >= 15 is 0 Å². The van der Waals surface area contributed by atoms with Gasteiger partial charge in [-0.25, -0.2) is 19.9 Å². The number of nitrogens with zero attached hydrogens (tertiary/aromatic N) is 6. The van der Waals surface area contributed by atoms with Crippen LogP contribution >= 0.6 is 11.3 Å². The van der Waals surface area contributed by atoms with Gasteiger partial charge >= 0.3 is 0 Å². The van der Waals surface area contributed by atoms with E-state index in [-0.39, 0.29) is 0 Å². The first-order valence-electron chi connectivity index (χ1n) is 27.0. The van der Waals surface area contributed by atoms with Gasteiger partial charge in [0.15, 0.2) is 0 Å². The minimum Gasteiger partial charge on any atom is -0.455 e. The van der Waals surface area contributed by atoms with Gasteiger partial charge in [0.25, 0.3) is 0 Å². The number of furan rings is 1. The first-order chi connectivity index (χ1) is 39.7. The molecule has 0 spiro atoms. The first-order valence-corrected chi connectivity index (χ1v) is 27.8. The molecule has 0 fully saturated rings. The van der Waals surface area contributed by atoms with Crippen molar-refractivity contribution in [2.24, 2.45) is 0 Å². The molecule has 6 heterocycles. The van der Waals surface area contributed by atoms with Gasteiger partial charge in [-0.1, -0.05) is 206 Å². The third-order valence-corrected chi connectivity index (χ3v) is 17.7. The first kappa shape index (κ1) is 43.5. The minimum atomic E-state index is 0.600. The molecular weight excluding hydrogens is 997 g/mol. The molecule has 0 saturated heterocycles. The highest BCUT2D eigenvalue weighted by atomic mass is 32.1. The van der Waals surface area contributed by atoms with Crippen molar-refractivity contribution in [3.63, 3.8) is 0 Å². The van der Waals surface area contributed by atoms with Crippen LogP contribution in [0.3, 0.4) is 0 Å². The van der Waals surface area contributed by atoms with Gasteiger partial charge < -0.3 is 4.42 Å². The number of hydrogen-bond donors (Lipinski definition) is 0. The molecule has 0 amide bonds. The van der Waals surface area contributed by atoms with Crippen molar-refractivity contribution in [3.05, 3.63) is 243 Å². The van der Waals surface area contributed by atoms with E-state index in [4.69, 9.17) is 24.4 Å². The maximum absolute atomic E-state index is 7.22. The molecule has 0 unspecified atom stereocenters. The summed E-state index contributed by atoms with van der Waals surface area (Å²) in [6, 6.07) is 86.2. The summed E-state index contributed by atoms with van der Waals surface area (Å²) >= 11 is 1.87. The van der Waals surface area contributed by atoms with E-state index in [1.54, 1.807) is 0 Å². The summed E-state index contributed by atoms with van der Waals surface area (Å²) in [5.41, 5.74) is 13.4. The van der Waals surface area contributed by atoms with Crippen molar-refractivity contribution in [1.29, 1.82) is 0 Å². The van der Waals surface area contributed by atoms with Gasteiger partial charge in [-0.3, -0.25) is 9.13 Å². The van der Waals surface area contributed by atoms with E-state index in [1.165, 1.54) is 30.9 Å². The fraction of sp³-hybridized carbons (Fsp3) is 0. The molecule has 0 radical (unpaired) electrons. The molecule has 0 N–H and O–H groups in total. The molecule has 0 bridgehead atoms. The molecule has 18 rings (SSSR count). The molecule has 7 nitrogen and oxygen atoms in total. The molecule has 12 aromatic carbocycles. The van der Waals surface area contributed by atoms with E-state index in [0.29, 0.717) is 11.9 Å². The second-order valence-electron chi connectivity index (χ2n) is 20.8. The van der Waals surface area contributed by atoms with Crippen molar-refractivity contribution in [1.82, 2.24) is 29.1 Å². The van der Waals surface area contributed by atoms with Gasteiger partial charge in [0.2, 0.25) is 11.9 Å². The average Bonchev–Trinajstić information content (AvgIpc) is 4.41. The number of rotatable bonds is 5. The Hall–Kier alpha value is -10.5. The highest BCUT2D eigenvalue weighted by Crippen LogP contribution is 2.51. The molecule has 0 aliphatic rings. The maximum Gasteiger partial charge on any atom is 0.235 e. The van der Waals surface area contributed by atoms with Crippen LogP contribution in [0.25, 0.3) is 175 Å². The van der Waals surface area contributed by atoms with E-state index in [1.807, 2.05) is 17.4 Å². The topological polar surface area (TPSA) is 74.6 Å². The Morgan fingerprint density at radius 1 is 0.325 bits per heavy atom. The molecule has 0 aliphatic carbocycles. The number of para-hydroxylation sites is 4. The number of thiophene rings is 1. The van der Waals surface area contributed by atoms with E-state index in [9.17, 15) is 0 Å². The number of hydrogen-bond acceptors (Lipinski definition) is 6. The lowest BCUT2D eigenvalue weighted by molar-refractivity contribution is 0.673. The molecule has 80 heavy (non-hydrogen) atoms. The molecule has 0 atom stereocenters. The van der Waals surface area contributed by atoms with Crippen LogP contribution in [0.5, 0.6) is 0 Å². The highest BCUT2D eigenvalue weighted by Gasteiger charge is 2.28. The highest BCUT2D eigenvalue weighted by molar-refractivity contribution is 7.27. The third-order valence-electron chi connectivity index (χ3n) is 16.5. The predicted octanol–water partition coefficient (Wildman–Crippen LogP) is 19.3. The van der Waals surface area contributed by atoms with Crippen molar-refractivity contribution < 1.29 is 4.42 Å². The zero-order valence-electron chi connectivity index (χ0n) is 42.6. The number of aromatic nitrogens is 6. The number of benzene rings is 12. The SMILES string of the molecule is c1ccc(-c2nc(-n3c4ccccc4c4c5c6ccccc6oc5c5c(-c6ccc7c8c9c%10ccccc%10sc9c9ccccc9c8n(-c8nc(-c9ccccc9)c9ccccc9n8)c7c6)cccc5c43)nc3ccccc23)cc1. The molecule has 18 aromatic rings. The van der Waals surface area contributed by atoms with Gasteiger partial charge in [-0.2, -0.15) is 0 Å². The van der Waals surface area contributed by atoms with Crippen LogP contribution in [0.2, 0.25) is 0 Å². The Morgan fingerprint density at radius 3 is 1.56 bits per heavy atom. The molecule has 8 heteroatoms. The molecule has 370 valence electrons. The lowest BCUT2D eigenvalue weighted by Gasteiger charge is -2.15. The summed E-state index contributed by atoms with van der Waals surface area (Å²) in [5, 5.41) is 15.5. The van der Waals surface area contributed by atoms with Gasteiger partial charge in [-0.05, 0) is 47.5 Å². The Morgan fingerprint density at radius 2 is 0.850 bits per heavy atom. The zero-order valence-corrected chi connectivity index (χ0v) is 43.4. The Bertz CT molecular complexity index is 5680. The Labute approximate surface area is 459 Å². The summed E-state index contributed by atoms with van der Waals surface area (Å²) in [5.74, 6) is 1.21. The van der Waals surface area contributed by atoms with Gasteiger partial charge in [0, 0.05) is 95.9 Å². The second-order valence-corrected chi connectivity index (χ2v) is 21.8. The summed E-state index contributed by atoms with van der Waals surface area (Å²) in [4.78, 5) is 22.1. The van der Waals surface area contributed by atoms with Crippen LogP contribution in [-0.4, -0.2) is 29.1 Å². The maximum atomic E-state index is 7.22. The van der Waals surface area contributed by atoms with Crippen LogP contribution in [-0.2, 0) is 0 Å². The van der Waals surface area contributed by atoms with Crippen LogP contribution in [0.15, 0.2) is 247 Å². The summed E-state index contributed by atoms with van der Waals surface area (Å²) in [6.07, 6.45) is 0. The summed E-state index contributed by atoms with van der Waals surface area (Å²) in [6.45, 7) is 0. The number of fused-ring (bicyclic) bond motifs is 22. The quantitative estimate of drug-likeness (QED) is 0.172. The lowest BCUT2D eigenvalue weighted by atomic mass is 9.93. The standard InChI is InChI=1S/C72H40N6OS/c1-3-20-41(21-4-1)65-47-26-9-14-33-54(47)73-71(75-65)77-56-35-16-11-28-49(56)61-63-51-29-12-17-36-58(51)79-69(63)60-44(31-19-32-53(60)68(61)77)43-38-39-50-57(40-43)78(72-74-55-34-15-10-27-48(55)66(76-72)42-22-5-2-6-23-42)67-45-24-7-8-25-46(45)70-64(62(50)67)52-30-13-18-37-59(52)80-70/h1-40H. The monoisotopic (exact) mass is 1040 g/mol. The zero-order chi connectivity index (χ0) is 52.2. The normalized spacial score (nSPS) is 12.2. The van der Waals surface area contributed by atoms with E-state index < -0.39 is 0 Å². The Kier molecular flexibility index (Phi) is 8.98. The fourth-order valence-electron chi connectivity index (χ4n) is 13.2. The summed E-state index contributed by atoms with van der Waals surface area (Å²) < 4.78 is 14.4. The predicted molar refractivity (Wildman–Crippen MR) is 333 cm³/mol. The fourth-order valence-corrected chi connectivity index (χ4v) is 14.4. The van der Waals surface area contributed by atoms with Crippen molar-refractivity contribution in [2.45, 2.75) is 0 Å². The van der Waals surface area contributed by atoms with Crippen LogP contribution in [0, 0.1) is 0 Å². The van der Waals surface area contributed by atoms with Gasteiger partial charge in [0.1, 0.15) is 11.2 Å². The summed E-state index contributed by atoms with van der Waals surface area (Å²) in [7, 11) is 0. The van der Waals surface area contributed by atoms with E-state index in [0.717, 1.165) is 132 Å². The van der Waals surface area contributed by atoms with Crippen molar-refractivity contribution in [3.8, 4) is 45.5 Å². The molecule has 0 saturated carbocycles. The van der Waals surface area contributed by atoms with Crippen molar-refractivity contribution >= 4 is 140 Å². The minimum absolute atomic E-state index is 0.600. The smallest absolute Gasteiger partial charge is 0.235 e. The van der Waals surface area contributed by atoms with Crippen molar-refractivity contribution in [2.75, 3.05) is 0 Å². The van der Waals surface area contributed by atoms with Crippen LogP contribution < -0.4 is 0 Å². The van der Waals surface area contributed by atoms with Gasteiger partial charge in [0.05, 0.1) is 44.5 Å². The third kappa shape index (κ3) is 6.02. The van der Waals surface area contributed by atoms with Crippen LogP contribution in [0.1, 0.15) is 0 Å². The van der Waals surface area contributed by atoms with Crippen LogP contribution in [0.4, 0.5) is 0 Å². The molecule has 6 aromatic heterocycles. The lowest BCUT2D eigenvalue weighted by Crippen LogP contribution is -2.04. The largest absolute Gasteiger partial charge is 0.455 e. The second kappa shape index (κ2) is 16.5. The molecule has 0 aliphatic heterocycles. The van der Waals surface area contributed by atoms with E-state index in [2.05, 4.69) is 246 Å². The van der Waals surface area contributed by atoms with Gasteiger partial charge in [-0.15, -0.1) is 11.3 Å².